The minimum atomic E-state index is -4.47. The highest BCUT2D eigenvalue weighted by Gasteiger charge is 2.19. The van der Waals surface area contributed by atoms with E-state index in [-0.39, 0.29) is 54.5 Å². The van der Waals surface area contributed by atoms with Gasteiger partial charge >= 0.3 is 0 Å². The smallest absolute Gasteiger partial charge is 0.294 e. The predicted molar refractivity (Wildman–Crippen MR) is 272 cm³/mol. The number of aromatic nitrogens is 7. The molecule has 372 valence electrons. The zero-order valence-electron chi connectivity index (χ0n) is 37.9. The van der Waals surface area contributed by atoms with Crippen LogP contribution in [-0.2, 0) is 30.4 Å². The van der Waals surface area contributed by atoms with Crippen LogP contribution in [0.25, 0.3) is 22.8 Å². The second-order valence-electron chi connectivity index (χ2n) is 14.6. The molecule has 0 radical (unpaired) electrons. The average Bonchev–Trinajstić information content (AvgIpc) is 4.02. The van der Waals surface area contributed by atoms with Crippen LogP contribution < -0.4 is 20.4 Å². The fourth-order valence-corrected chi connectivity index (χ4v) is 10.3. The predicted octanol–water partition coefficient (Wildman–Crippen LogP) is 9.39. The molecule has 0 fully saturated rings. The Morgan fingerprint density at radius 3 is 1.39 bits per heavy atom. The third kappa shape index (κ3) is 14.1. The Morgan fingerprint density at radius 2 is 1.00 bits per heavy atom. The van der Waals surface area contributed by atoms with E-state index in [1.165, 1.54) is 36.4 Å². The van der Waals surface area contributed by atoms with Gasteiger partial charge in [-0.1, -0.05) is 36.0 Å². The van der Waals surface area contributed by atoms with Gasteiger partial charge in [-0.2, -0.15) is 58.9 Å². The van der Waals surface area contributed by atoms with Crippen LogP contribution >= 0.6 is 34.8 Å². The fourth-order valence-electron chi connectivity index (χ4n) is 6.54. The molecule has 71 heavy (non-hydrogen) atoms. The summed E-state index contributed by atoms with van der Waals surface area (Å²) < 4.78 is 108. The van der Waals surface area contributed by atoms with Gasteiger partial charge in [0.05, 0.1) is 26.9 Å². The Kier molecular flexibility index (Phi) is 16.7. The van der Waals surface area contributed by atoms with Crippen molar-refractivity contribution >= 4 is 121 Å². The molecule has 7 aromatic rings. The number of azo groups is 2. The highest BCUT2D eigenvalue weighted by Crippen LogP contribution is 2.37. The number of benzene rings is 4. The summed E-state index contributed by atoms with van der Waals surface area (Å²) in [6.07, 6.45) is 0. The van der Waals surface area contributed by atoms with E-state index in [2.05, 4.69) is 69.6 Å². The van der Waals surface area contributed by atoms with Crippen LogP contribution in [0.3, 0.4) is 0 Å². The number of hydrogen-bond acceptors (Lipinski definition) is 24. The first kappa shape index (κ1) is 52.3. The zero-order chi connectivity index (χ0) is 50.9. The molecule has 0 aliphatic carbocycles. The standard InChI is InChI=1S/C41H43N15O9S6/c1-5-55(6-2)27-15-17-31(49-51-40-44-35(53-67-40)25-11-9-13-29(21-25)70(60,61)62)33(23-27)42-37-46-38(48-39(47-37)66-19-20-69(57,58)59)43-34-24-28(56(7-3)8-4)16-18-32(34)50-52-41-45-36(54-68-41)26-12-10-14-30(22-26)71(63,64)65/h9-18,21-24H,5-8,19-20H2,1-4H3,(H,57,58,59)(H,60,61,62)(H,63,64,65)(H2,42,43,46,47,48)/b51-49+,52-50+. The normalized spacial score (nSPS) is 12.2. The Hall–Kier alpha value is -6.51. The van der Waals surface area contributed by atoms with E-state index in [4.69, 9.17) is 4.98 Å². The fraction of sp³-hybridized carbons (Fsp3) is 0.244. The van der Waals surface area contributed by atoms with E-state index >= 15 is 0 Å². The highest BCUT2D eigenvalue weighted by atomic mass is 32.2. The van der Waals surface area contributed by atoms with Gasteiger partial charge in [0.1, 0.15) is 11.4 Å². The zero-order valence-corrected chi connectivity index (χ0v) is 42.8. The van der Waals surface area contributed by atoms with Crippen LogP contribution in [0.1, 0.15) is 27.7 Å². The minimum Gasteiger partial charge on any atom is -0.372 e. The van der Waals surface area contributed by atoms with Crippen LogP contribution in [-0.4, -0.2) is 110 Å². The number of anilines is 6. The summed E-state index contributed by atoms with van der Waals surface area (Å²) in [5.74, 6) is -0.353. The van der Waals surface area contributed by atoms with Crippen molar-refractivity contribution in [1.82, 2.24) is 33.7 Å². The van der Waals surface area contributed by atoms with Crippen LogP contribution in [0.15, 0.2) is 120 Å². The van der Waals surface area contributed by atoms with Gasteiger partial charge in [0.25, 0.3) is 30.4 Å². The number of nitrogens with zero attached hydrogens (tertiary/aromatic N) is 13. The molecule has 0 bridgehead atoms. The van der Waals surface area contributed by atoms with Gasteiger partial charge in [-0.15, -0.1) is 20.5 Å². The van der Waals surface area contributed by atoms with E-state index < -0.39 is 36.1 Å². The van der Waals surface area contributed by atoms with Crippen molar-refractivity contribution in [3.05, 3.63) is 84.9 Å². The first-order valence-corrected chi connectivity index (χ1v) is 28.2. The summed E-state index contributed by atoms with van der Waals surface area (Å²) in [6.45, 7) is 10.7. The van der Waals surface area contributed by atoms with Crippen molar-refractivity contribution in [2.45, 2.75) is 42.6 Å². The van der Waals surface area contributed by atoms with Crippen molar-refractivity contribution in [3.8, 4) is 22.8 Å². The molecule has 0 aliphatic heterocycles. The van der Waals surface area contributed by atoms with Gasteiger partial charge in [0.15, 0.2) is 16.8 Å². The summed E-state index contributed by atoms with van der Waals surface area (Å²) in [5, 5.41) is 24.4. The van der Waals surface area contributed by atoms with Gasteiger partial charge in [0, 0.05) is 77.5 Å². The first-order valence-electron chi connectivity index (χ1n) is 21.1. The molecular formula is C41H43N15O9S6. The Balaban J connectivity index is 1.24. The third-order valence-electron chi connectivity index (χ3n) is 10.00. The maximum Gasteiger partial charge on any atom is 0.294 e. The highest BCUT2D eigenvalue weighted by molar-refractivity contribution is 8.00. The molecule has 4 aromatic carbocycles. The summed E-state index contributed by atoms with van der Waals surface area (Å²) in [4.78, 5) is 26.2. The SMILES string of the molecule is CCN(CC)c1ccc(/N=N/c2nc(-c3cccc(S(=O)(=O)O)c3)ns2)c(Nc2nc(Nc3cc(N(CC)CC)ccc3/N=N/c3nc(-c4cccc(S(=O)(=O)O)c4)ns3)nc(SCCS(=O)(=O)O)n2)c1. The van der Waals surface area contributed by atoms with Gasteiger partial charge < -0.3 is 20.4 Å². The molecule has 0 amide bonds. The molecule has 3 aromatic heterocycles. The second kappa shape index (κ2) is 22.7. The molecule has 0 spiro atoms. The summed E-state index contributed by atoms with van der Waals surface area (Å²) in [6, 6.07) is 21.9. The summed E-state index contributed by atoms with van der Waals surface area (Å²) >= 11 is 2.77. The van der Waals surface area contributed by atoms with Crippen molar-refractivity contribution in [3.63, 3.8) is 0 Å². The molecule has 0 aliphatic rings. The molecule has 5 N–H and O–H groups in total. The lowest BCUT2D eigenvalue weighted by molar-refractivity contribution is 0.481. The monoisotopic (exact) mass is 1080 g/mol. The molecule has 7 rings (SSSR count). The van der Waals surface area contributed by atoms with Gasteiger partial charge in [-0.3, -0.25) is 13.7 Å². The number of thioether (sulfide) groups is 1. The summed E-state index contributed by atoms with van der Waals surface area (Å²) in [7, 11) is -13.3. The van der Waals surface area contributed by atoms with Crippen molar-refractivity contribution in [1.29, 1.82) is 0 Å². The second-order valence-corrected chi connectivity index (χ2v) is 21.5. The number of nitrogens with one attached hydrogen (secondary N) is 2. The maximum absolute atomic E-state index is 11.7. The first-order chi connectivity index (χ1) is 33.8. The van der Waals surface area contributed by atoms with E-state index in [1.54, 1.807) is 24.3 Å². The Bertz CT molecular complexity index is 3240. The lowest BCUT2D eigenvalue weighted by Gasteiger charge is -2.22. The average molecular weight is 1080 g/mol. The molecule has 24 nitrogen and oxygen atoms in total. The van der Waals surface area contributed by atoms with Crippen LogP contribution in [0.4, 0.5) is 56.3 Å². The molecule has 30 heteroatoms. The van der Waals surface area contributed by atoms with E-state index in [0.29, 0.717) is 60.1 Å². The van der Waals surface area contributed by atoms with Crippen LogP contribution in [0, 0.1) is 0 Å². The van der Waals surface area contributed by atoms with Crippen molar-refractivity contribution in [2.75, 3.05) is 58.1 Å². The molecular weight excluding hydrogens is 1040 g/mol. The van der Waals surface area contributed by atoms with Gasteiger partial charge in [-0.25, -0.2) is 0 Å². The quantitative estimate of drug-likeness (QED) is 0.0239. The molecule has 0 saturated heterocycles. The Labute approximate surface area is 420 Å². The van der Waals surface area contributed by atoms with E-state index in [1.807, 2.05) is 52.0 Å². The molecule has 0 atom stereocenters. The molecule has 0 saturated carbocycles. The van der Waals surface area contributed by atoms with Gasteiger partial charge in [0.2, 0.25) is 22.2 Å². The van der Waals surface area contributed by atoms with Crippen LogP contribution in [0.5, 0.6) is 0 Å². The van der Waals surface area contributed by atoms with E-state index in [0.717, 1.165) is 46.2 Å². The Morgan fingerprint density at radius 1 is 0.563 bits per heavy atom. The van der Waals surface area contributed by atoms with Crippen molar-refractivity contribution in [2.24, 2.45) is 20.5 Å². The lowest BCUT2D eigenvalue weighted by atomic mass is 10.2. The number of hydrogen-bond donors (Lipinski definition) is 5. The lowest BCUT2D eigenvalue weighted by Crippen LogP contribution is -2.21. The van der Waals surface area contributed by atoms with Gasteiger partial charge in [-0.05, 0) is 88.4 Å². The van der Waals surface area contributed by atoms with Crippen LogP contribution in [0.2, 0.25) is 0 Å². The minimum absolute atomic E-state index is 0.00412. The third-order valence-corrected chi connectivity index (χ3v) is 14.7. The molecule has 0 unspecified atom stereocenters. The topological polar surface area (TPSA) is 333 Å². The van der Waals surface area contributed by atoms with Crippen molar-refractivity contribution < 1.29 is 38.9 Å². The van der Waals surface area contributed by atoms with E-state index in [9.17, 15) is 38.9 Å². The molecule has 3 heterocycles. The maximum atomic E-state index is 11.7. The summed E-state index contributed by atoms with van der Waals surface area (Å²) in [5.41, 5.74) is 3.74. The largest absolute Gasteiger partial charge is 0.372 e. The number of rotatable bonds is 22.